The summed E-state index contributed by atoms with van der Waals surface area (Å²) >= 11 is 5.54. The molecule has 0 saturated heterocycles. The van der Waals surface area contributed by atoms with Crippen molar-refractivity contribution in [3.63, 3.8) is 0 Å². The molecule has 0 aliphatic carbocycles. The molecule has 5 nitrogen and oxygen atoms in total. The number of hydrogen-bond acceptors (Lipinski definition) is 3. The van der Waals surface area contributed by atoms with Crippen LogP contribution in [0.1, 0.15) is 6.42 Å². The van der Waals surface area contributed by atoms with Crippen molar-refractivity contribution >= 4 is 17.2 Å². The Labute approximate surface area is 84.9 Å². The normalized spacial score (nSPS) is 10.9. The van der Waals surface area contributed by atoms with E-state index in [1.54, 1.807) is 18.3 Å². The summed E-state index contributed by atoms with van der Waals surface area (Å²) in [5.74, 6) is 0.522. The van der Waals surface area contributed by atoms with Crippen LogP contribution in [0.4, 0.5) is 0 Å². The number of nitrogens with zero attached hydrogens (tertiary/aromatic N) is 4. The zero-order chi connectivity index (χ0) is 9.97. The van der Waals surface area contributed by atoms with Crippen LogP contribution in [0.25, 0.3) is 5.65 Å². The Balaban J connectivity index is 2.47. The molecule has 2 aromatic rings. The van der Waals surface area contributed by atoms with Gasteiger partial charge in [0.1, 0.15) is 0 Å². The quantitative estimate of drug-likeness (QED) is 0.697. The first kappa shape index (κ1) is 9.21. The van der Waals surface area contributed by atoms with Crippen molar-refractivity contribution in [3.8, 4) is 0 Å². The summed E-state index contributed by atoms with van der Waals surface area (Å²) in [6.07, 6.45) is 2.29. The van der Waals surface area contributed by atoms with Crippen molar-refractivity contribution in [2.75, 3.05) is 5.88 Å². The summed E-state index contributed by atoms with van der Waals surface area (Å²) in [6.45, 7) is 0.533. The van der Waals surface area contributed by atoms with Crippen LogP contribution in [0.3, 0.4) is 0 Å². The van der Waals surface area contributed by atoms with E-state index < -0.39 is 0 Å². The summed E-state index contributed by atoms with van der Waals surface area (Å²) in [5, 5.41) is 7.99. The fourth-order valence-corrected chi connectivity index (χ4v) is 1.34. The largest absolute Gasteiger partial charge is 0.367 e. The molecule has 2 heterocycles. The number of alkyl halides is 1. The highest BCUT2D eigenvalue weighted by Crippen LogP contribution is 1.93. The van der Waals surface area contributed by atoms with Gasteiger partial charge in [-0.05, 0) is 18.6 Å². The molecule has 0 saturated carbocycles. The number of aromatic nitrogens is 4. The van der Waals surface area contributed by atoms with Gasteiger partial charge in [0.15, 0.2) is 5.65 Å². The van der Waals surface area contributed by atoms with Crippen LogP contribution >= 0.6 is 11.6 Å². The molecular weight excluding hydrogens is 204 g/mol. The van der Waals surface area contributed by atoms with Gasteiger partial charge in [-0.2, -0.15) is 9.61 Å². The first-order chi connectivity index (χ1) is 6.83. The summed E-state index contributed by atoms with van der Waals surface area (Å²) in [7, 11) is 0. The Morgan fingerprint density at radius 2 is 2.36 bits per heavy atom. The summed E-state index contributed by atoms with van der Waals surface area (Å²) in [5.41, 5.74) is 0.345. The van der Waals surface area contributed by atoms with Gasteiger partial charge in [0.2, 0.25) is 0 Å². The van der Waals surface area contributed by atoms with Crippen molar-refractivity contribution in [3.05, 3.63) is 28.8 Å². The summed E-state index contributed by atoms with van der Waals surface area (Å²) in [6, 6.07) is 3.49. The van der Waals surface area contributed by atoms with Gasteiger partial charge in [-0.1, -0.05) is 0 Å². The lowest BCUT2D eigenvalue weighted by atomic mass is 10.5. The predicted molar refractivity (Wildman–Crippen MR) is 52.6 cm³/mol. The van der Waals surface area contributed by atoms with E-state index in [2.05, 4.69) is 10.2 Å². The lowest BCUT2D eigenvalue weighted by molar-refractivity contribution is 0.579. The van der Waals surface area contributed by atoms with Crippen molar-refractivity contribution in [1.29, 1.82) is 0 Å². The fraction of sp³-hybridized carbons (Fsp3) is 0.375. The first-order valence-electron chi connectivity index (χ1n) is 4.30. The fourth-order valence-electron chi connectivity index (χ4n) is 1.22. The predicted octanol–water partition coefficient (Wildman–Crippen LogP) is 0.520. The maximum atomic E-state index is 11.6. The maximum Gasteiger partial charge on any atom is 0.367 e. The second kappa shape index (κ2) is 3.79. The molecule has 0 amide bonds. The second-order valence-corrected chi connectivity index (χ2v) is 3.22. The van der Waals surface area contributed by atoms with E-state index in [4.69, 9.17) is 11.6 Å². The molecule has 2 aromatic heterocycles. The van der Waals surface area contributed by atoms with Crippen LogP contribution in [0.5, 0.6) is 0 Å². The van der Waals surface area contributed by atoms with Gasteiger partial charge in [-0.15, -0.1) is 16.7 Å². The minimum atomic E-state index is -0.217. The van der Waals surface area contributed by atoms with Crippen molar-refractivity contribution in [2.24, 2.45) is 0 Å². The molecule has 0 radical (unpaired) electrons. The zero-order valence-electron chi connectivity index (χ0n) is 7.43. The molecule has 6 heteroatoms. The Kier molecular flexibility index (Phi) is 2.49. The number of hydrogen-bond donors (Lipinski definition) is 0. The molecule has 0 aromatic carbocycles. The standard InChI is InChI=1S/C8H9ClN4O/c9-4-2-6-12-8(14)13-7(11-12)3-1-5-10-13/h1,3,5H,2,4,6H2. The monoisotopic (exact) mass is 212 g/mol. The maximum absolute atomic E-state index is 11.6. The minimum Gasteiger partial charge on any atom is -0.244 e. The molecule has 14 heavy (non-hydrogen) atoms. The van der Waals surface area contributed by atoms with Gasteiger partial charge in [0.05, 0.1) is 0 Å². The van der Waals surface area contributed by atoms with Gasteiger partial charge < -0.3 is 0 Å². The lowest BCUT2D eigenvalue weighted by Gasteiger charge is -1.93. The highest BCUT2D eigenvalue weighted by atomic mass is 35.5. The SMILES string of the molecule is O=c1n(CCCCl)nc2cccnn12. The molecule has 0 atom stereocenters. The molecule has 0 aliphatic rings. The topological polar surface area (TPSA) is 52.2 Å². The van der Waals surface area contributed by atoms with Gasteiger partial charge in [0, 0.05) is 18.6 Å². The van der Waals surface area contributed by atoms with Gasteiger partial charge in [-0.25, -0.2) is 9.48 Å². The molecule has 2 rings (SSSR count). The minimum absolute atomic E-state index is 0.217. The van der Waals surface area contributed by atoms with Crippen LogP contribution in [-0.2, 0) is 6.54 Å². The first-order valence-corrected chi connectivity index (χ1v) is 4.83. The Morgan fingerprint density at radius 3 is 3.07 bits per heavy atom. The van der Waals surface area contributed by atoms with Gasteiger partial charge in [-0.3, -0.25) is 0 Å². The molecular formula is C8H9ClN4O. The number of rotatable bonds is 3. The second-order valence-electron chi connectivity index (χ2n) is 2.84. The molecule has 0 spiro atoms. The van der Waals surface area contributed by atoms with E-state index in [0.29, 0.717) is 18.1 Å². The Bertz CT molecular complexity index is 489. The molecule has 74 valence electrons. The molecule has 0 aliphatic heterocycles. The van der Waals surface area contributed by atoms with Crippen LogP contribution in [0, 0.1) is 0 Å². The van der Waals surface area contributed by atoms with Gasteiger partial charge >= 0.3 is 5.69 Å². The molecule has 0 unspecified atom stereocenters. The third-order valence-electron chi connectivity index (χ3n) is 1.86. The van der Waals surface area contributed by atoms with E-state index in [9.17, 15) is 4.79 Å². The molecule has 0 bridgehead atoms. The number of halogens is 1. The number of aryl methyl sites for hydroxylation is 1. The van der Waals surface area contributed by atoms with Crippen molar-refractivity contribution in [1.82, 2.24) is 19.4 Å². The highest BCUT2D eigenvalue weighted by molar-refractivity contribution is 6.17. The molecule has 0 fully saturated rings. The highest BCUT2D eigenvalue weighted by Gasteiger charge is 2.05. The van der Waals surface area contributed by atoms with E-state index >= 15 is 0 Å². The summed E-state index contributed by atoms with van der Waals surface area (Å²) in [4.78, 5) is 11.6. The van der Waals surface area contributed by atoms with E-state index in [1.165, 1.54) is 9.20 Å². The number of fused-ring (bicyclic) bond motifs is 1. The van der Waals surface area contributed by atoms with Crippen LogP contribution in [0.2, 0.25) is 0 Å². The zero-order valence-corrected chi connectivity index (χ0v) is 8.18. The Morgan fingerprint density at radius 1 is 1.50 bits per heavy atom. The summed E-state index contributed by atoms with van der Waals surface area (Å²) < 4.78 is 2.65. The van der Waals surface area contributed by atoms with Crippen LogP contribution in [0.15, 0.2) is 23.1 Å². The lowest BCUT2D eigenvalue weighted by Crippen LogP contribution is -2.22. The van der Waals surface area contributed by atoms with E-state index in [-0.39, 0.29) is 5.69 Å². The average molecular weight is 213 g/mol. The van der Waals surface area contributed by atoms with E-state index in [1.807, 2.05) is 0 Å². The smallest absolute Gasteiger partial charge is 0.244 e. The van der Waals surface area contributed by atoms with Gasteiger partial charge in [0.25, 0.3) is 0 Å². The Hall–Kier alpha value is -1.36. The van der Waals surface area contributed by atoms with E-state index in [0.717, 1.165) is 6.42 Å². The average Bonchev–Trinajstić information content (AvgIpc) is 2.54. The third-order valence-corrected chi connectivity index (χ3v) is 2.13. The van der Waals surface area contributed by atoms with Crippen molar-refractivity contribution in [2.45, 2.75) is 13.0 Å². The van der Waals surface area contributed by atoms with Crippen LogP contribution in [-0.4, -0.2) is 25.3 Å². The van der Waals surface area contributed by atoms with Crippen molar-refractivity contribution < 1.29 is 0 Å². The van der Waals surface area contributed by atoms with Crippen LogP contribution < -0.4 is 5.69 Å². The molecule has 0 N–H and O–H groups in total. The third kappa shape index (κ3) is 1.50.